The monoisotopic (exact) mass is 296 g/mol. The van der Waals surface area contributed by atoms with Crippen molar-refractivity contribution in [2.24, 2.45) is 0 Å². The van der Waals surface area contributed by atoms with Gasteiger partial charge in [0.25, 0.3) is 0 Å². The minimum atomic E-state index is 0.248. The lowest BCUT2D eigenvalue weighted by molar-refractivity contribution is -0.131. The Hall–Kier alpha value is -1.06. The molecule has 1 N–H and O–H groups in total. The van der Waals surface area contributed by atoms with Crippen LogP contribution in [0.2, 0.25) is 5.02 Å². The van der Waals surface area contributed by atoms with Gasteiger partial charge in [-0.25, -0.2) is 0 Å². The van der Waals surface area contributed by atoms with E-state index in [1.165, 1.54) is 5.56 Å². The predicted molar refractivity (Wildman–Crippen MR) is 84.9 cm³/mol. The topological polar surface area (TPSA) is 32.3 Å². The van der Waals surface area contributed by atoms with E-state index in [4.69, 9.17) is 11.6 Å². The van der Waals surface area contributed by atoms with Gasteiger partial charge in [0.05, 0.1) is 0 Å². The summed E-state index contributed by atoms with van der Waals surface area (Å²) >= 11 is 5.84. The Kier molecular flexibility index (Phi) is 8.31. The summed E-state index contributed by atoms with van der Waals surface area (Å²) in [5.41, 5.74) is 1.18. The highest BCUT2D eigenvalue weighted by Gasteiger charge is 2.10. The molecule has 1 rings (SSSR count). The van der Waals surface area contributed by atoms with Gasteiger partial charge in [-0.2, -0.15) is 0 Å². The maximum Gasteiger partial charge on any atom is 0.223 e. The molecule has 3 nitrogen and oxygen atoms in total. The van der Waals surface area contributed by atoms with E-state index in [1.807, 2.05) is 29.2 Å². The zero-order valence-corrected chi connectivity index (χ0v) is 13.2. The van der Waals surface area contributed by atoms with Crippen molar-refractivity contribution in [1.29, 1.82) is 0 Å². The molecule has 0 saturated heterocycles. The van der Waals surface area contributed by atoms with Gasteiger partial charge in [-0.05, 0) is 30.5 Å². The number of nitrogens with one attached hydrogen (secondary N) is 1. The quantitative estimate of drug-likeness (QED) is 0.708. The Labute approximate surface area is 127 Å². The van der Waals surface area contributed by atoms with Crippen LogP contribution in [0.4, 0.5) is 0 Å². The van der Waals surface area contributed by atoms with Crippen molar-refractivity contribution in [3.63, 3.8) is 0 Å². The fourth-order valence-electron chi connectivity index (χ4n) is 2.09. The number of hydrogen-bond acceptors (Lipinski definition) is 2. The number of halogens is 1. The number of carbonyl (C=O) groups excluding carboxylic acids is 1. The third-order valence-electron chi connectivity index (χ3n) is 3.10. The molecule has 20 heavy (non-hydrogen) atoms. The van der Waals surface area contributed by atoms with Crippen LogP contribution in [0.5, 0.6) is 0 Å². The smallest absolute Gasteiger partial charge is 0.223 e. The number of carbonyl (C=O) groups is 1. The van der Waals surface area contributed by atoms with Gasteiger partial charge in [-0.1, -0.05) is 37.6 Å². The van der Waals surface area contributed by atoms with Gasteiger partial charge in [-0.3, -0.25) is 4.79 Å². The Morgan fingerprint density at radius 1 is 1.15 bits per heavy atom. The SMILES string of the molecule is CCCN(CCC)C(=O)CCNCc1ccc(Cl)cc1. The minimum Gasteiger partial charge on any atom is -0.343 e. The first-order valence-corrected chi connectivity index (χ1v) is 7.78. The van der Waals surface area contributed by atoms with Gasteiger partial charge < -0.3 is 10.2 Å². The first kappa shape index (κ1) is 17.0. The molecule has 1 aromatic rings. The summed E-state index contributed by atoms with van der Waals surface area (Å²) in [5, 5.41) is 4.05. The van der Waals surface area contributed by atoms with Crippen molar-refractivity contribution >= 4 is 17.5 Å². The molecule has 0 fully saturated rings. The predicted octanol–water partition coefficient (Wildman–Crippen LogP) is 3.47. The minimum absolute atomic E-state index is 0.248. The Balaban J connectivity index is 2.25. The fraction of sp³-hybridized carbons (Fsp3) is 0.562. The molecule has 0 aliphatic carbocycles. The summed E-state index contributed by atoms with van der Waals surface area (Å²) in [6, 6.07) is 7.76. The van der Waals surface area contributed by atoms with Crippen LogP contribution < -0.4 is 5.32 Å². The van der Waals surface area contributed by atoms with Crippen LogP contribution in [0.15, 0.2) is 24.3 Å². The summed E-state index contributed by atoms with van der Waals surface area (Å²) in [6.07, 6.45) is 2.60. The zero-order valence-electron chi connectivity index (χ0n) is 12.5. The van der Waals surface area contributed by atoms with Crippen molar-refractivity contribution in [3.05, 3.63) is 34.9 Å². The van der Waals surface area contributed by atoms with Gasteiger partial charge >= 0.3 is 0 Å². The molecule has 4 heteroatoms. The molecule has 0 atom stereocenters. The molecule has 0 unspecified atom stereocenters. The van der Waals surface area contributed by atoms with Gasteiger partial charge in [-0.15, -0.1) is 0 Å². The number of amides is 1. The van der Waals surface area contributed by atoms with Crippen LogP contribution in [0, 0.1) is 0 Å². The van der Waals surface area contributed by atoms with E-state index in [0.717, 1.165) is 37.5 Å². The average Bonchev–Trinajstić information content (AvgIpc) is 2.45. The lowest BCUT2D eigenvalue weighted by Crippen LogP contribution is -2.34. The van der Waals surface area contributed by atoms with Gasteiger partial charge in [0, 0.05) is 37.6 Å². The molecular weight excluding hydrogens is 272 g/mol. The summed E-state index contributed by atoms with van der Waals surface area (Å²) in [7, 11) is 0. The Morgan fingerprint density at radius 3 is 2.30 bits per heavy atom. The zero-order chi connectivity index (χ0) is 14.8. The van der Waals surface area contributed by atoms with Gasteiger partial charge in [0.1, 0.15) is 0 Å². The second kappa shape index (κ2) is 9.78. The van der Waals surface area contributed by atoms with Crippen LogP contribution >= 0.6 is 11.6 Å². The van der Waals surface area contributed by atoms with Crippen LogP contribution in [-0.4, -0.2) is 30.4 Å². The van der Waals surface area contributed by atoms with Crippen LogP contribution in [0.3, 0.4) is 0 Å². The van der Waals surface area contributed by atoms with Crippen LogP contribution in [0.25, 0.3) is 0 Å². The molecule has 0 radical (unpaired) electrons. The summed E-state index contributed by atoms with van der Waals surface area (Å²) in [6.45, 7) is 7.43. The van der Waals surface area contributed by atoms with E-state index in [0.29, 0.717) is 13.0 Å². The normalized spacial score (nSPS) is 10.6. The average molecular weight is 297 g/mol. The lowest BCUT2D eigenvalue weighted by atomic mass is 10.2. The first-order valence-electron chi connectivity index (χ1n) is 7.40. The fourth-order valence-corrected chi connectivity index (χ4v) is 2.22. The molecule has 0 saturated carbocycles. The van der Waals surface area contributed by atoms with E-state index < -0.39 is 0 Å². The molecule has 0 aliphatic rings. The highest BCUT2D eigenvalue weighted by atomic mass is 35.5. The van der Waals surface area contributed by atoms with Crippen molar-refractivity contribution in [1.82, 2.24) is 10.2 Å². The Morgan fingerprint density at radius 2 is 1.75 bits per heavy atom. The van der Waals surface area contributed by atoms with Crippen LogP contribution in [0.1, 0.15) is 38.7 Å². The second-order valence-corrected chi connectivity index (χ2v) is 5.37. The van der Waals surface area contributed by atoms with Crippen molar-refractivity contribution < 1.29 is 4.79 Å². The summed E-state index contributed by atoms with van der Waals surface area (Å²) in [5.74, 6) is 0.248. The molecule has 0 aliphatic heterocycles. The molecule has 1 amide bonds. The highest BCUT2D eigenvalue weighted by molar-refractivity contribution is 6.30. The van der Waals surface area contributed by atoms with Crippen molar-refractivity contribution in [2.45, 2.75) is 39.7 Å². The standard InChI is InChI=1S/C16H25ClN2O/c1-3-11-19(12-4-2)16(20)9-10-18-13-14-5-7-15(17)8-6-14/h5-8,18H,3-4,9-13H2,1-2H3. The Bertz CT molecular complexity index is 386. The molecule has 112 valence electrons. The van der Waals surface area contributed by atoms with Crippen molar-refractivity contribution in [3.8, 4) is 0 Å². The van der Waals surface area contributed by atoms with E-state index in [9.17, 15) is 4.79 Å². The van der Waals surface area contributed by atoms with E-state index >= 15 is 0 Å². The second-order valence-electron chi connectivity index (χ2n) is 4.93. The third kappa shape index (κ3) is 6.40. The molecule has 0 spiro atoms. The summed E-state index contributed by atoms with van der Waals surface area (Å²) < 4.78 is 0. The maximum absolute atomic E-state index is 12.0. The molecule has 0 bridgehead atoms. The van der Waals surface area contributed by atoms with E-state index in [-0.39, 0.29) is 5.91 Å². The largest absolute Gasteiger partial charge is 0.343 e. The maximum atomic E-state index is 12.0. The number of rotatable bonds is 9. The molecule has 1 aromatic carbocycles. The van der Waals surface area contributed by atoms with E-state index in [2.05, 4.69) is 19.2 Å². The number of nitrogens with zero attached hydrogens (tertiary/aromatic N) is 1. The summed E-state index contributed by atoms with van der Waals surface area (Å²) in [4.78, 5) is 14.0. The van der Waals surface area contributed by atoms with Gasteiger partial charge in [0.15, 0.2) is 0 Å². The molecule has 0 heterocycles. The van der Waals surface area contributed by atoms with Crippen LogP contribution in [-0.2, 0) is 11.3 Å². The number of hydrogen-bond donors (Lipinski definition) is 1. The van der Waals surface area contributed by atoms with Gasteiger partial charge in [0.2, 0.25) is 5.91 Å². The highest BCUT2D eigenvalue weighted by Crippen LogP contribution is 2.09. The number of benzene rings is 1. The third-order valence-corrected chi connectivity index (χ3v) is 3.35. The molecular formula is C16H25ClN2O. The van der Waals surface area contributed by atoms with Crippen molar-refractivity contribution in [2.75, 3.05) is 19.6 Å². The lowest BCUT2D eigenvalue weighted by Gasteiger charge is -2.21. The van der Waals surface area contributed by atoms with E-state index in [1.54, 1.807) is 0 Å². The molecule has 0 aromatic heterocycles. The first-order chi connectivity index (χ1) is 9.67.